The Morgan fingerprint density at radius 1 is 1.12 bits per heavy atom. The van der Waals surface area contributed by atoms with Crippen molar-refractivity contribution in [3.63, 3.8) is 0 Å². The fraction of sp³-hybridized carbons (Fsp3) is 0.538. The second kappa shape index (κ2) is 5.56. The van der Waals surface area contributed by atoms with Gasteiger partial charge in [-0.05, 0) is 25.1 Å². The highest BCUT2D eigenvalue weighted by Gasteiger charge is 2.14. The van der Waals surface area contributed by atoms with Crippen LogP contribution in [0, 0.1) is 11.6 Å². The first-order valence-corrected chi connectivity index (χ1v) is 6.00. The molecule has 17 heavy (non-hydrogen) atoms. The first-order chi connectivity index (χ1) is 8.15. The van der Waals surface area contributed by atoms with E-state index >= 15 is 0 Å². The maximum Gasteiger partial charge on any atom is 0.129 e. The Bertz CT molecular complexity index is 374. The Labute approximate surface area is 101 Å². The van der Waals surface area contributed by atoms with Crippen molar-refractivity contribution in [2.75, 3.05) is 39.8 Å². The molecule has 2 rings (SSSR count). The van der Waals surface area contributed by atoms with Gasteiger partial charge in [0, 0.05) is 38.8 Å². The smallest absolute Gasteiger partial charge is 0.129 e. The number of piperazine rings is 1. The van der Waals surface area contributed by atoms with E-state index in [4.69, 9.17) is 0 Å². The lowest BCUT2D eigenvalue weighted by atomic mass is 10.1. The van der Waals surface area contributed by atoms with Crippen molar-refractivity contribution in [3.8, 4) is 0 Å². The van der Waals surface area contributed by atoms with Gasteiger partial charge in [0.05, 0.1) is 0 Å². The van der Waals surface area contributed by atoms with Gasteiger partial charge in [0.15, 0.2) is 0 Å². The van der Waals surface area contributed by atoms with Gasteiger partial charge < -0.3 is 9.80 Å². The lowest BCUT2D eigenvalue weighted by molar-refractivity contribution is 0.155. The Morgan fingerprint density at radius 2 is 1.82 bits per heavy atom. The van der Waals surface area contributed by atoms with Crippen LogP contribution < -0.4 is 0 Å². The molecule has 0 aliphatic carbocycles. The number of benzene rings is 1. The molecule has 1 fully saturated rings. The standard InChI is InChI=1S/C13H18F2N2/c1-16-6-8-17(9-7-16)5-4-11-2-3-12(14)10-13(11)15/h2-3,10H,4-9H2,1H3. The molecule has 1 heterocycles. The number of halogens is 2. The van der Waals surface area contributed by atoms with Crippen LogP contribution in [0.5, 0.6) is 0 Å². The fourth-order valence-corrected chi connectivity index (χ4v) is 2.07. The maximum absolute atomic E-state index is 13.4. The van der Waals surface area contributed by atoms with Crippen LogP contribution in [0.25, 0.3) is 0 Å². The first-order valence-electron chi connectivity index (χ1n) is 6.00. The van der Waals surface area contributed by atoms with Crippen LogP contribution in [-0.4, -0.2) is 49.6 Å². The Hall–Kier alpha value is -1.00. The molecule has 0 amide bonds. The van der Waals surface area contributed by atoms with Gasteiger partial charge >= 0.3 is 0 Å². The largest absolute Gasteiger partial charge is 0.304 e. The third kappa shape index (κ3) is 3.48. The van der Waals surface area contributed by atoms with E-state index < -0.39 is 11.6 Å². The van der Waals surface area contributed by atoms with E-state index in [2.05, 4.69) is 16.8 Å². The monoisotopic (exact) mass is 240 g/mol. The van der Waals surface area contributed by atoms with E-state index in [1.807, 2.05) is 0 Å². The average molecular weight is 240 g/mol. The average Bonchev–Trinajstić information content (AvgIpc) is 2.30. The van der Waals surface area contributed by atoms with Crippen LogP contribution in [0.3, 0.4) is 0 Å². The summed E-state index contributed by atoms with van der Waals surface area (Å²) in [6, 6.07) is 3.82. The molecular formula is C13H18F2N2. The molecule has 2 nitrogen and oxygen atoms in total. The number of nitrogens with zero attached hydrogens (tertiary/aromatic N) is 2. The minimum Gasteiger partial charge on any atom is -0.304 e. The molecular weight excluding hydrogens is 222 g/mol. The zero-order valence-electron chi connectivity index (χ0n) is 10.1. The highest BCUT2D eigenvalue weighted by atomic mass is 19.1. The summed E-state index contributed by atoms with van der Waals surface area (Å²) in [5.41, 5.74) is 0.602. The molecule has 1 aromatic rings. The van der Waals surface area contributed by atoms with Crippen molar-refractivity contribution < 1.29 is 8.78 Å². The Balaban J connectivity index is 1.85. The highest BCUT2D eigenvalue weighted by Crippen LogP contribution is 2.11. The molecule has 94 valence electrons. The van der Waals surface area contributed by atoms with E-state index in [9.17, 15) is 8.78 Å². The molecule has 0 saturated carbocycles. The van der Waals surface area contributed by atoms with Crippen molar-refractivity contribution in [3.05, 3.63) is 35.4 Å². The van der Waals surface area contributed by atoms with E-state index in [0.717, 1.165) is 38.8 Å². The topological polar surface area (TPSA) is 6.48 Å². The van der Waals surface area contributed by atoms with E-state index in [0.29, 0.717) is 12.0 Å². The zero-order chi connectivity index (χ0) is 12.3. The van der Waals surface area contributed by atoms with Crippen molar-refractivity contribution in [2.24, 2.45) is 0 Å². The third-order valence-electron chi connectivity index (χ3n) is 3.31. The number of likely N-dealkylation sites (N-methyl/N-ethyl adjacent to an activating group) is 1. The predicted octanol–water partition coefficient (Wildman–Crippen LogP) is 1.75. The molecule has 0 unspecified atom stereocenters. The molecule has 0 aromatic heterocycles. The summed E-state index contributed by atoms with van der Waals surface area (Å²) in [7, 11) is 2.11. The van der Waals surface area contributed by atoms with Crippen LogP contribution in [0.15, 0.2) is 18.2 Å². The van der Waals surface area contributed by atoms with Gasteiger partial charge in [0.1, 0.15) is 11.6 Å². The highest BCUT2D eigenvalue weighted by molar-refractivity contribution is 5.18. The van der Waals surface area contributed by atoms with Gasteiger partial charge in [-0.2, -0.15) is 0 Å². The summed E-state index contributed by atoms with van der Waals surface area (Å²) < 4.78 is 26.1. The quantitative estimate of drug-likeness (QED) is 0.794. The summed E-state index contributed by atoms with van der Waals surface area (Å²) in [6.07, 6.45) is 0.649. The molecule has 1 aliphatic heterocycles. The van der Waals surface area contributed by atoms with Gasteiger partial charge in [-0.15, -0.1) is 0 Å². The van der Waals surface area contributed by atoms with Crippen LogP contribution in [0.4, 0.5) is 8.78 Å². The van der Waals surface area contributed by atoms with Crippen LogP contribution in [0.2, 0.25) is 0 Å². The number of hydrogen-bond acceptors (Lipinski definition) is 2. The lowest BCUT2D eigenvalue weighted by Crippen LogP contribution is -2.45. The second-order valence-corrected chi connectivity index (χ2v) is 4.63. The van der Waals surface area contributed by atoms with Gasteiger partial charge in [0.25, 0.3) is 0 Å². The van der Waals surface area contributed by atoms with Crippen LogP contribution >= 0.6 is 0 Å². The van der Waals surface area contributed by atoms with Gasteiger partial charge in [-0.3, -0.25) is 0 Å². The summed E-state index contributed by atoms with van der Waals surface area (Å²) in [5.74, 6) is -0.940. The third-order valence-corrected chi connectivity index (χ3v) is 3.31. The summed E-state index contributed by atoms with van der Waals surface area (Å²) in [5, 5.41) is 0. The molecule has 1 aliphatic rings. The summed E-state index contributed by atoms with van der Waals surface area (Å²) in [4.78, 5) is 4.61. The van der Waals surface area contributed by atoms with Gasteiger partial charge in [0.2, 0.25) is 0 Å². The predicted molar refractivity (Wildman–Crippen MR) is 64.0 cm³/mol. The summed E-state index contributed by atoms with van der Waals surface area (Å²) >= 11 is 0. The zero-order valence-corrected chi connectivity index (χ0v) is 10.1. The molecule has 1 aromatic carbocycles. The van der Waals surface area contributed by atoms with E-state index in [1.165, 1.54) is 6.07 Å². The lowest BCUT2D eigenvalue weighted by Gasteiger charge is -2.32. The Kier molecular flexibility index (Phi) is 4.07. The molecule has 0 N–H and O–H groups in total. The minimum absolute atomic E-state index is 0.431. The van der Waals surface area contributed by atoms with Crippen molar-refractivity contribution in [1.29, 1.82) is 0 Å². The SMILES string of the molecule is CN1CCN(CCc2ccc(F)cc2F)CC1. The van der Waals surface area contributed by atoms with Crippen molar-refractivity contribution in [1.82, 2.24) is 9.80 Å². The normalized spacial score (nSPS) is 18.5. The first kappa shape index (κ1) is 12.5. The molecule has 0 spiro atoms. The molecule has 0 atom stereocenters. The Morgan fingerprint density at radius 3 is 2.47 bits per heavy atom. The van der Waals surface area contributed by atoms with E-state index in [-0.39, 0.29) is 0 Å². The maximum atomic E-state index is 13.4. The molecule has 0 radical (unpaired) electrons. The molecule has 1 saturated heterocycles. The second-order valence-electron chi connectivity index (χ2n) is 4.63. The number of rotatable bonds is 3. The van der Waals surface area contributed by atoms with E-state index in [1.54, 1.807) is 6.07 Å². The number of hydrogen-bond donors (Lipinski definition) is 0. The van der Waals surface area contributed by atoms with Crippen molar-refractivity contribution >= 4 is 0 Å². The fourth-order valence-electron chi connectivity index (χ4n) is 2.07. The van der Waals surface area contributed by atoms with Crippen LogP contribution in [0.1, 0.15) is 5.56 Å². The molecule has 0 bridgehead atoms. The summed E-state index contributed by atoms with van der Waals surface area (Å²) in [6.45, 7) is 5.02. The molecule has 4 heteroatoms. The van der Waals surface area contributed by atoms with Crippen molar-refractivity contribution in [2.45, 2.75) is 6.42 Å². The van der Waals surface area contributed by atoms with Crippen LogP contribution in [-0.2, 0) is 6.42 Å². The minimum atomic E-state index is -0.508. The van der Waals surface area contributed by atoms with Gasteiger partial charge in [-0.25, -0.2) is 8.78 Å². The van der Waals surface area contributed by atoms with Gasteiger partial charge in [-0.1, -0.05) is 6.07 Å².